The Labute approximate surface area is 208 Å². The molecule has 0 atom stereocenters. The van der Waals surface area contributed by atoms with Crippen LogP contribution in [0.15, 0.2) is 83.8 Å². The summed E-state index contributed by atoms with van der Waals surface area (Å²) in [5.41, 5.74) is 2.89. The summed E-state index contributed by atoms with van der Waals surface area (Å²) in [6.45, 7) is 1.69. The number of hydrogen-bond acceptors (Lipinski definition) is 5. The molecule has 0 bridgehead atoms. The smallest absolute Gasteiger partial charge is 0.262 e. The van der Waals surface area contributed by atoms with Crippen molar-refractivity contribution in [2.75, 3.05) is 28.6 Å². The normalized spacial score (nSPS) is 12.6. The molecule has 0 radical (unpaired) electrons. The summed E-state index contributed by atoms with van der Waals surface area (Å²) in [6, 6.07) is 22.1. The highest BCUT2D eigenvalue weighted by molar-refractivity contribution is 7.92. The Balaban J connectivity index is 1.29. The Morgan fingerprint density at radius 2 is 1.69 bits per heavy atom. The number of rotatable bonds is 7. The van der Waals surface area contributed by atoms with Crippen molar-refractivity contribution < 1.29 is 22.7 Å². The third kappa shape index (κ3) is 4.25. The Bertz CT molecular complexity index is 1610. The Hall–Kier alpha value is -4.37. The van der Waals surface area contributed by atoms with Crippen LogP contribution in [-0.4, -0.2) is 33.9 Å². The van der Waals surface area contributed by atoms with E-state index in [1.165, 1.54) is 36.3 Å². The molecule has 1 heterocycles. The summed E-state index contributed by atoms with van der Waals surface area (Å²) in [5.74, 6) is -0.218. The molecule has 2 amide bonds. The fraction of sp³-hybridized carbons (Fsp3) is 0.111. The quantitative estimate of drug-likeness (QED) is 0.386. The van der Waals surface area contributed by atoms with E-state index in [1.807, 2.05) is 43.3 Å². The molecule has 0 spiro atoms. The number of aryl methyl sites for hydroxylation is 1. The van der Waals surface area contributed by atoms with E-state index < -0.39 is 15.9 Å². The van der Waals surface area contributed by atoms with E-state index in [0.717, 1.165) is 16.3 Å². The summed E-state index contributed by atoms with van der Waals surface area (Å²) in [4.78, 5) is 27.1. The van der Waals surface area contributed by atoms with Crippen molar-refractivity contribution in [3.8, 4) is 5.75 Å². The third-order valence-electron chi connectivity index (χ3n) is 6.00. The maximum Gasteiger partial charge on any atom is 0.262 e. The molecule has 0 saturated heterocycles. The Morgan fingerprint density at radius 1 is 0.972 bits per heavy atom. The number of nitrogens with one attached hydrogen (secondary N) is 2. The second-order valence-electron chi connectivity index (χ2n) is 8.45. The zero-order valence-corrected chi connectivity index (χ0v) is 20.4. The number of anilines is 3. The standard InChI is InChI=1S/C27H23N3O5S/c1-17-9-14-24(35-2)22(15-17)29-36(33,34)20-12-10-19(11-13-20)28-25(31)16-30-23-8-4-6-18-5-3-7-21(26(18)23)27(30)32/h3-15,29H,16H2,1-2H3,(H,28,31). The largest absolute Gasteiger partial charge is 0.495 e. The number of hydrogen-bond donors (Lipinski definition) is 2. The first-order valence-corrected chi connectivity index (χ1v) is 12.7. The maximum atomic E-state index is 12.9. The highest BCUT2D eigenvalue weighted by atomic mass is 32.2. The molecule has 0 fully saturated rings. The van der Waals surface area contributed by atoms with Crippen molar-refractivity contribution in [1.29, 1.82) is 0 Å². The monoisotopic (exact) mass is 501 g/mol. The van der Waals surface area contributed by atoms with E-state index >= 15 is 0 Å². The number of nitrogens with zero attached hydrogens (tertiary/aromatic N) is 1. The van der Waals surface area contributed by atoms with Crippen LogP contribution in [0.5, 0.6) is 5.75 Å². The molecule has 4 aromatic rings. The number of sulfonamides is 1. The van der Waals surface area contributed by atoms with Gasteiger partial charge in [-0.05, 0) is 66.4 Å². The SMILES string of the molecule is COc1ccc(C)cc1NS(=O)(=O)c1ccc(NC(=O)CN2C(=O)c3cccc4cccc2c34)cc1. The van der Waals surface area contributed by atoms with Crippen LogP contribution in [0, 0.1) is 6.92 Å². The topological polar surface area (TPSA) is 105 Å². The van der Waals surface area contributed by atoms with Crippen LogP contribution in [0.1, 0.15) is 15.9 Å². The maximum absolute atomic E-state index is 12.9. The number of carbonyl (C=O) groups is 2. The van der Waals surface area contributed by atoms with E-state index in [-0.39, 0.29) is 17.3 Å². The van der Waals surface area contributed by atoms with Crippen LogP contribution in [0.4, 0.5) is 17.1 Å². The summed E-state index contributed by atoms with van der Waals surface area (Å²) in [6.07, 6.45) is 0. The number of carbonyl (C=O) groups excluding carboxylic acids is 2. The summed E-state index contributed by atoms with van der Waals surface area (Å²) >= 11 is 0. The van der Waals surface area contributed by atoms with Gasteiger partial charge in [0.2, 0.25) is 5.91 Å². The van der Waals surface area contributed by atoms with Crippen molar-refractivity contribution in [2.45, 2.75) is 11.8 Å². The summed E-state index contributed by atoms with van der Waals surface area (Å²) in [5, 5.41) is 4.51. The molecule has 0 aliphatic carbocycles. The lowest BCUT2D eigenvalue weighted by Gasteiger charge is -2.17. The predicted octanol–water partition coefficient (Wildman–Crippen LogP) is 4.56. The zero-order valence-electron chi connectivity index (χ0n) is 19.6. The van der Waals surface area contributed by atoms with Crippen molar-refractivity contribution in [3.63, 3.8) is 0 Å². The first-order chi connectivity index (χ1) is 17.3. The lowest BCUT2D eigenvalue weighted by atomic mass is 10.1. The molecule has 4 aromatic carbocycles. The summed E-state index contributed by atoms with van der Waals surface area (Å²) in [7, 11) is -2.42. The molecule has 0 saturated carbocycles. The average molecular weight is 502 g/mol. The van der Waals surface area contributed by atoms with Gasteiger partial charge < -0.3 is 10.1 Å². The first-order valence-electron chi connectivity index (χ1n) is 11.2. The average Bonchev–Trinajstić information content (AvgIpc) is 3.12. The second kappa shape index (κ2) is 9.01. The van der Waals surface area contributed by atoms with Gasteiger partial charge in [0, 0.05) is 16.6 Å². The van der Waals surface area contributed by atoms with E-state index in [1.54, 1.807) is 18.2 Å². The lowest BCUT2D eigenvalue weighted by molar-refractivity contribution is -0.114. The molecule has 36 heavy (non-hydrogen) atoms. The first kappa shape index (κ1) is 23.4. The van der Waals surface area contributed by atoms with Gasteiger partial charge in [-0.2, -0.15) is 0 Å². The van der Waals surface area contributed by atoms with Gasteiger partial charge >= 0.3 is 0 Å². The Morgan fingerprint density at radius 3 is 2.42 bits per heavy atom. The number of methoxy groups -OCH3 is 1. The second-order valence-corrected chi connectivity index (χ2v) is 10.1. The van der Waals surface area contributed by atoms with Gasteiger partial charge in [0.15, 0.2) is 0 Å². The molecule has 1 aliphatic heterocycles. The molecule has 0 aromatic heterocycles. The molecule has 1 aliphatic rings. The molecule has 5 rings (SSSR count). The van der Waals surface area contributed by atoms with Gasteiger partial charge in [0.25, 0.3) is 15.9 Å². The summed E-state index contributed by atoms with van der Waals surface area (Å²) < 4.78 is 33.5. The van der Waals surface area contributed by atoms with Crippen molar-refractivity contribution in [2.24, 2.45) is 0 Å². The van der Waals surface area contributed by atoms with E-state index in [2.05, 4.69) is 10.0 Å². The van der Waals surface area contributed by atoms with Crippen LogP contribution in [0.2, 0.25) is 0 Å². The van der Waals surface area contributed by atoms with Crippen LogP contribution in [0.3, 0.4) is 0 Å². The van der Waals surface area contributed by atoms with Gasteiger partial charge in [-0.25, -0.2) is 8.42 Å². The van der Waals surface area contributed by atoms with Crippen molar-refractivity contribution >= 4 is 49.7 Å². The predicted molar refractivity (Wildman–Crippen MR) is 139 cm³/mol. The van der Waals surface area contributed by atoms with Gasteiger partial charge in [0.05, 0.1) is 23.4 Å². The van der Waals surface area contributed by atoms with Crippen molar-refractivity contribution in [3.05, 3.63) is 90.0 Å². The molecule has 8 nitrogen and oxygen atoms in total. The van der Waals surface area contributed by atoms with E-state index in [0.29, 0.717) is 28.4 Å². The molecule has 0 unspecified atom stereocenters. The van der Waals surface area contributed by atoms with Gasteiger partial charge in [0.1, 0.15) is 12.3 Å². The molecular formula is C27H23N3O5S. The minimum Gasteiger partial charge on any atom is -0.495 e. The third-order valence-corrected chi connectivity index (χ3v) is 7.38. The van der Waals surface area contributed by atoms with E-state index in [4.69, 9.17) is 4.74 Å². The zero-order chi connectivity index (χ0) is 25.4. The van der Waals surface area contributed by atoms with Gasteiger partial charge in [-0.15, -0.1) is 0 Å². The molecular weight excluding hydrogens is 478 g/mol. The molecule has 2 N–H and O–H groups in total. The fourth-order valence-electron chi connectivity index (χ4n) is 4.30. The minimum atomic E-state index is -3.88. The van der Waals surface area contributed by atoms with Crippen LogP contribution < -0.4 is 19.7 Å². The number of amides is 2. The minimum absolute atomic E-state index is 0.0286. The number of benzene rings is 4. The highest BCUT2D eigenvalue weighted by Crippen LogP contribution is 2.37. The molecule has 182 valence electrons. The molecule has 9 heteroatoms. The Kier molecular flexibility index (Phi) is 5.85. The van der Waals surface area contributed by atoms with Crippen LogP contribution in [-0.2, 0) is 14.8 Å². The number of ether oxygens (including phenoxy) is 1. The van der Waals surface area contributed by atoms with Gasteiger partial charge in [-0.3, -0.25) is 19.2 Å². The van der Waals surface area contributed by atoms with Crippen LogP contribution in [0.25, 0.3) is 10.8 Å². The van der Waals surface area contributed by atoms with Gasteiger partial charge in [-0.1, -0.05) is 30.3 Å². The van der Waals surface area contributed by atoms with Crippen molar-refractivity contribution in [1.82, 2.24) is 0 Å². The lowest BCUT2D eigenvalue weighted by Crippen LogP contribution is -2.35. The fourth-order valence-corrected chi connectivity index (χ4v) is 5.36. The highest BCUT2D eigenvalue weighted by Gasteiger charge is 2.30. The van der Waals surface area contributed by atoms with E-state index in [9.17, 15) is 18.0 Å². The van der Waals surface area contributed by atoms with Crippen LogP contribution >= 0.6 is 0 Å².